The number of pyridine rings is 1. The average molecular weight is 454 g/mol. The van der Waals surface area contributed by atoms with Crippen LogP contribution in [0.5, 0.6) is 0 Å². The molecule has 0 aliphatic carbocycles. The van der Waals surface area contributed by atoms with Gasteiger partial charge in [0, 0.05) is 35.6 Å². The maximum Gasteiger partial charge on any atom is 0.256 e. The number of carbonyl (C=O) groups excluding carboxylic acids is 2. The maximum atomic E-state index is 12.6. The van der Waals surface area contributed by atoms with Gasteiger partial charge in [-0.05, 0) is 48.7 Å². The molecule has 0 saturated carbocycles. The molecule has 0 spiro atoms. The SMILES string of the molecule is C=CC(=O)NC1CCc2c(-c3ccc(C(=O)Nc4ccccn4)cc3)c3c(N)ncnc3n2C1. The first kappa shape index (κ1) is 21.3. The van der Waals surface area contributed by atoms with Crippen LogP contribution in [0.2, 0.25) is 0 Å². The minimum absolute atomic E-state index is 0.0321. The van der Waals surface area contributed by atoms with E-state index in [1.165, 1.54) is 12.4 Å². The van der Waals surface area contributed by atoms with Gasteiger partial charge >= 0.3 is 0 Å². The number of carbonyl (C=O) groups is 2. The Balaban J connectivity index is 1.50. The molecule has 5 rings (SSSR count). The summed E-state index contributed by atoms with van der Waals surface area (Å²) in [6.45, 7) is 4.11. The number of amides is 2. The Labute approximate surface area is 195 Å². The summed E-state index contributed by atoms with van der Waals surface area (Å²) < 4.78 is 2.10. The predicted octanol–water partition coefficient (Wildman–Crippen LogP) is 2.94. The Morgan fingerprint density at radius 1 is 1.12 bits per heavy atom. The lowest BCUT2D eigenvalue weighted by Gasteiger charge is -2.26. The van der Waals surface area contributed by atoms with Crippen molar-refractivity contribution in [3.05, 3.63) is 78.9 Å². The van der Waals surface area contributed by atoms with Gasteiger partial charge in [0.15, 0.2) is 0 Å². The van der Waals surface area contributed by atoms with Gasteiger partial charge in [0.05, 0.1) is 5.39 Å². The lowest BCUT2D eigenvalue weighted by molar-refractivity contribution is -0.117. The van der Waals surface area contributed by atoms with Crippen LogP contribution < -0.4 is 16.4 Å². The first-order valence-corrected chi connectivity index (χ1v) is 10.9. The average Bonchev–Trinajstić information content (AvgIpc) is 3.19. The molecular weight excluding hydrogens is 430 g/mol. The van der Waals surface area contributed by atoms with Crippen molar-refractivity contribution in [3.63, 3.8) is 0 Å². The number of benzene rings is 1. The van der Waals surface area contributed by atoms with Crippen LogP contribution in [0.4, 0.5) is 11.6 Å². The summed E-state index contributed by atoms with van der Waals surface area (Å²) >= 11 is 0. The van der Waals surface area contributed by atoms with Crippen LogP contribution in [-0.2, 0) is 17.8 Å². The number of anilines is 2. The molecule has 0 saturated heterocycles. The molecule has 0 fully saturated rings. The quantitative estimate of drug-likeness (QED) is 0.399. The third kappa shape index (κ3) is 3.88. The zero-order valence-electron chi connectivity index (χ0n) is 18.4. The molecule has 4 heterocycles. The Kier molecular flexibility index (Phi) is 5.51. The van der Waals surface area contributed by atoms with Crippen LogP contribution >= 0.6 is 0 Å². The third-order valence-electron chi connectivity index (χ3n) is 5.98. The normalized spacial score (nSPS) is 14.9. The molecule has 2 amide bonds. The Hall–Kier alpha value is -4.53. The number of nitrogen functional groups attached to an aromatic ring is 1. The van der Waals surface area contributed by atoms with Gasteiger partial charge in [-0.2, -0.15) is 0 Å². The monoisotopic (exact) mass is 453 g/mol. The molecule has 1 atom stereocenters. The minimum atomic E-state index is -0.238. The highest BCUT2D eigenvalue weighted by molar-refractivity contribution is 6.05. The van der Waals surface area contributed by atoms with E-state index in [0.717, 1.165) is 40.7 Å². The summed E-state index contributed by atoms with van der Waals surface area (Å²) in [5, 5.41) is 6.54. The summed E-state index contributed by atoms with van der Waals surface area (Å²) in [7, 11) is 0. The summed E-state index contributed by atoms with van der Waals surface area (Å²) in [4.78, 5) is 37.3. The Morgan fingerprint density at radius 2 is 1.94 bits per heavy atom. The lowest BCUT2D eigenvalue weighted by atomic mass is 9.96. The van der Waals surface area contributed by atoms with E-state index in [0.29, 0.717) is 23.7 Å². The standard InChI is InChI=1S/C25H23N7O2/c1-2-20(33)30-17-10-11-18-21(22-23(26)28-14-29-24(22)32(18)13-17)15-6-8-16(9-7-15)25(34)31-19-5-3-4-12-27-19/h2-9,12,14,17H,1,10-11,13H2,(H,30,33)(H2,26,28,29)(H,27,31,34). The van der Waals surface area contributed by atoms with Gasteiger partial charge in [-0.1, -0.05) is 24.8 Å². The minimum Gasteiger partial charge on any atom is -0.383 e. The van der Waals surface area contributed by atoms with Crippen molar-refractivity contribution >= 4 is 34.5 Å². The molecular formula is C25H23N7O2. The summed E-state index contributed by atoms with van der Waals surface area (Å²) in [6.07, 6.45) is 5.86. The molecule has 1 aliphatic rings. The molecule has 9 nitrogen and oxygen atoms in total. The summed E-state index contributed by atoms with van der Waals surface area (Å²) in [5.74, 6) is 0.453. The van der Waals surface area contributed by atoms with Gasteiger partial charge in [0.25, 0.3) is 5.91 Å². The largest absolute Gasteiger partial charge is 0.383 e. The van der Waals surface area contributed by atoms with Crippen molar-refractivity contribution in [1.29, 1.82) is 0 Å². The Morgan fingerprint density at radius 3 is 2.68 bits per heavy atom. The van der Waals surface area contributed by atoms with Gasteiger partial charge in [-0.25, -0.2) is 15.0 Å². The van der Waals surface area contributed by atoms with E-state index in [9.17, 15) is 9.59 Å². The smallest absolute Gasteiger partial charge is 0.256 e. The van der Waals surface area contributed by atoms with E-state index in [1.54, 1.807) is 30.5 Å². The fourth-order valence-electron chi connectivity index (χ4n) is 4.42. The van der Waals surface area contributed by atoms with Crippen molar-refractivity contribution in [1.82, 2.24) is 24.8 Å². The molecule has 9 heteroatoms. The number of nitrogens with zero attached hydrogens (tertiary/aromatic N) is 4. The van der Waals surface area contributed by atoms with E-state index in [1.807, 2.05) is 18.2 Å². The molecule has 1 unspecified atom stereocenters. The zero-order valence-corrected chi connectivity index (χ0v) is 18.4. The van der Waals surface area contributed by atoms with E-state index < -0.39 is 0 Å². The van der Waals surface area contributed by atoms with E-state index in [4.69, 9.17) is 5.73 Å². The van der Waals surface area contributed by atoms with E-state index >= 15 is 0 Å². The van der Waals surface area contributed by atoms with Crippen LogP contribution in [0.3, 0.4) is 0 Å². The highest BCUT2D eigenvalue weighted by atomic mass is 16.2. The number of hydrogen-bond donors (Lipinski definition) is 3. The predicted molar refractivity (Wildman–Crippen MR) is 130 cm³/mol. The van der Waals surface area contributed by atoms with Crippen LogP contribution in [0.1, 0.15) is 22.5 Å². The van der Waals surface area contributed by atoms with Crippen molar-refractivity contribution in [2.75, 3.05) is 11.1 Å². The zero-order chi connectivity index (χ0) is 23.7. The van der Waals surface area contributed by atoms with Gasteiger partial charge < -0.3 is 20.9 Å². The molecule has 4 aromatic rings. The van der Waals surface area contributed by atoms with Gasteiger partial charge in [0.2, 0.25) is 5.91 Å². The second-order valence-electron chi connectivity index (χ2n) is 8.08. The molecule has 1 aromatic carbocycles. The highest BCUT2D eigenvalue weighted by Gasteiger charge is 2.28. The van der Waals surface area contributed by atoms with Crippen molar-refractivity contribution in [3.8, 4) is 11.1 Å². The van der Waals surface area contributed by atoms with E-state index in [-0.39, 0.29) is 17.9 Å². The maximum absolute atomic E-state index is 12.6. The fraction of sp³-hybridized carbons (Fsp3) is 0.160. The van der Waals surface area contributed by atoms with Gasteiger partial charge in [0.1, 0.15) is 23.6 Å². The van der Waals surface area contributed by atoms with Crippen molar-refractivity contribution in [2.24, 2.45) is 0 Å². The number of fused-ring (bicyclic) bond motifs is 3. The van der Waals surface area contributed by atoms with Crippen LogP contribution in [0.25, 0.3) is 22.2 Å². The molecule has 1 aliphatic heterocycles. The molecule has 34 heavy (non-hydrogen) atoms. The first-order valence-electron chi connectivity index (χ1n) is 10.9. The second kappa shape index (κ2) is 8.78. The number of rotatable bonds is 5. The first-order chi connectivity index (χ1) is 16.5. The topological polar surface area (TPSA) is 128 Å². The van der Waals surface area contributed by atoms with Crippen LogP contribution in [0, 0.1) is 0 Å². The lowest BCUT2D eigenvalue weighted by Crippen LogP contribution is -2.40. The van der Waals surface area contributed by atoms with Crippen molar-refractivity contribution < 1.29 is 9.59 Å². The van der Waals surface area contributed by atoms with Gasteiger partial charge in [-0.3, -0.25) is 9.59 Å². The van der Waals surface area contributed by atoms with Crippen molar-refractivity contribution in [2.45, 2.75) is 25.4 Å². The molecule has 0 radical (unpaired) electrons. The number of aromatic nitrogens is 4. The number of hydrogen-bond acceptors (Lipinski definition) is 6. The van der Waals surface area contributed by atoms with Crippen LogP contribution in [-0.4, -0.2) is 37.4 Å². The molecule has 4 N–H and O–H groups in total. The number of nitrogens with one attached hydrogen (secondary N) is 2. The molecule has 170 valence electrons. The molecule has 3 aromatic heterocycles. The van der Waals surface area contributed by atoms with Gasteiger partial charge in [-0.15, -0.1) is 0 Å². The fourth-order valence-corrected chi connectivity index (χ4v) is 4.42. The van der Waals surface area contributed by atoms with Crippen LogP contribution in [0.15, 0.2) is 67.6 Å². The third-order valence-corrected chi connectivity index (χ3v) is 5.98. The summed E-state index contributed by atoms with van der Waals surface area (Å²) in [6, 6.07) is 12.7. The second-order valence-corrected chi connectivity index (χ2v) is 8.08. The summed E-state index contributed by atoms with van der Waals surface area (Å²) in [5.41, 5.74) is 10.5. The van der Waals surface area contributed by atoms with E-state index in [2.05, 4.69) is 36.7 Å². The highest BCUT2D eigenvalue weighted by Crippen LogP contribution is 2.39. The number of nitrogens with two attached hydrogens (primary N) is 1. The Bertz CT molecular complexity index is 1390. The molecule has 0 bridgehead atoms.